The molecule has 4 heteroatoms. The fourth-order valence-electron chi connectivity index (χ4n) is 2.01. The summed E-state index contributed by atoms with van der Waals surface area (Å²) in [5.74, 6) is 0.662. The molecule has 0 saturated heterocycles. The predicted molar refractivity (Wildman–Crippen MR) is 74.2 cm³/mol. The molecule has 0 N–H and O–H groups in total. The van der Waals surface area contributed by atoms with Crippen molar-refractivity contribution in [1.82, 2.24) is 14.3 Å². The van der Waals surface area contributed by atoms with Crippen molar-refractivity contribution in [1.29, 1.82) is 0 Å². The third kappa shape index (κ3) is 1.97. The highest BCUT2D eigenvalue weighted by molar-refractivity contribution is 5.54. The topological polar surface area (TPSA) is 39.8 Å². The Balaban J connectivity index is 2.19. The summed E-state index contributed by atoms with van der Waals surface area (Å²) < 4.78 is 2.98. The molecule has 1 heterocycles. The van der Waals surface area contributed by atoms with Gasteiger partial charge in [-0.05, 0) is 12.1 Å². The van der Waals surface area contributed by atoms with Crippen LogP contribution in [0.15, 0.2) is 65.5 Å². The number of hydrogen-bond donors (Lipinski definition) is 0. The van der Waals surface area contributed by atoms with Crippen molar-refractivity contribution in [3.8, 4) is 17.1 Å². The van der Waals surface area contributed by atoms with E-state index in [1.54, 1.807) is 11.6 Å². The molecule has 4 nitrogen and oxygen atoms in total. The molecule has 3 rings (SSSR count). The van der Waals surface area contributed by atoms with Crippen molar-refractivity contribution >= 4 is 0 Å². The number of hydrogen-bond acceptors (Lipinski definition) is 2. The molecule has 0 amide bonds. The number of nitrogens with zero attached hydrogens (tertiary/aromatic N) is 3. The SMILES string of the molecule is Cn1c(-c2ccccc2)nn(-c2ccccc2)c1=O. The van der Waals surface area contributed by atoms with E-state index in [1.165, 1.54) is 4.68 Å². The zero-order chi connectivity index (χ0) is 13.2. The van der Waals surface area contributed by atoms with Crippen LogP contribution in [0.25, 0.3) is 17.1 Å². The van der Waals surface area contributed by atoms with Gasteiger partial charge in [-0.3, -0.25) is 4.57 Å². The largest absolute Gasteiger partial charge is 0.350 e. The lowest BCUT2D eigenvalue weighted by Crippen LogP contribution is -2.21. The van der Waals surface area contributed by atoms with Crippen LogP contribution in [0.4, 0.5) is 0 Å². The molecule has 0 saturated carbocycles. The van der Waals surface area contributed by atoms with Crippen molar-refractivity contribution in [2.45, 2.75) is 0 Å². The minimum Gasteiger partial charge on any atom is -0.278 e. The molecule has 3 aromatic rings. The lowest BCUT2D eigenvalue weighted by Gasteiger charge is -1.98. The summed E-state index contributed by atoms with van der Waals surface area (Å²) in [5, 5.41) is 4.42. The molecule has 2 aromatic carbocycles. The highest BCUT2D eigenvalue weighted by atomic mass is 16.2. The molecule has 0 bridgehead atoms. The highest BCUT2D eigenvalue weighted by Crippen LogP contribution is 2.15. The lowest BCUT2D eigenvalue weighted by atomic mass is 10.2. The predicted octanol–water partition coefficient (Wildman–Crippen LogP) is 2.24. The van der Waals surface area contributed by atoms with Crippen LogP contribution < -0.4 is 5.69 Å². The van der Waals surface area contributed by atoms with Crippen LogP contribution in [0, 0.1) is 0 Å². The highest BCUT2D eigenvalue weighted by Gasteiger charge is 2.12. The molecule has 0 aliphatic heterocycles. The van der Waals surface area contributed by atoms with Crippen molar-refractivity contribution in [3.63, 3.8) is 0 Å². The number of benzene rings is 2. The molecule has 0 spiro atoms. The molecule has 94 valence electrons. The van der Waals surface area contributed by atoms with Gasteiger partial charge in [0.1, 0.15) is 0 Å². The molecule has 0 aliphatic carbocycles. The molecule has 0 unspecified atom stereocenters. The molecule has 19 heavy (non-hydrogen) atoms. The van der Waals surface area contributed by atoms with Crippen molar-refractivity contribution in [2.24, 2.45) is 7.05 Å². The van der Waals surface area contributed by atoms with E-state index in [-0.39, 0.29) is 5.69 Å². The normalized spacial score (nSPS) is 10.6. The zero-order valence-electron chi connectivity index (χ0n) is 10.5. The van der Waals surface area contributed by atoms with Gasteiger partial charge in [0.15, 0.2) is 5.82 Å². The van der Waals surface area contributed by atoms with Gasteiger partial charge in [0.25, 0.3) is 0 Å². The molecule has 1 aromatic heterocycles. The molecular weight excluding hydrogens is 238 g/mol. The van der Waals surface area contributed by atoms with Crippen LogP contribution in [0.3, 0.4) is 0 Å². The third-order valence-corrected chi connectivity index (χ3v) is 3.01. The molecule has 0 aliphatic rings. The van der Waals surface area contributed by atoms with E-state index < -0.39 is 0 Å². The van der Waals surface area contributed by atoms with E-state index >= 15 is 0 Å². The molecular formula is C15H13N3O. The fourth-order valence-corrected chi connectivity index (χ4v) is 2.01. The van der Waals surface area contributed by atoms with Crippen molar-refractivity contribution in [3.05, 3.63) is 71.1 Å². The lowest BCUT2D eigenvalue weighted by molar-refractivity contribution is 0.799. The van der Waals surface area contributed by atoms with Gasteiger partial charge >= 0.3 is 5.69 Å². The number of rotatable bonds is 2. The minimum atomic E-state index is -0.148. The number of aromatic nitrogens is 3. The standard InChI is InChI=1S/C15H13N3O/c1-17-14(12-8-4-2-5-9-12)16-18(15(17)19)13-10-6-3-7-11-13/h2-11H,1H3. The summed E-state index contributed by atoms with van der Waals surface area (Å²) in [4.78, 5) is 12.2. The minimum absolute atomic E-state index is 0.148. The monoisotopic (exact) mass is 251 g/mol. The Morgan fingerprint density at radius 1 is 0.895 bits per heavy atom. The number of para-hydroxylation sites is 1. The van der Waals surface area contributed by atoms with Gasteiger partial charge < -0.3 is 0 Å². The van der Waals surface area contributed by atoms with Gasteiger partial charge in [0.05, 0.1) is 5.69 Å². The quantitative estimate of drug-likeness (QED) is 0.700. The van der Waals surface area contributed by atoms with Crippen LogP contribution in [-0.4, -0.2) is 14.3 Å². The van der Waals surface area contributed by atoms with Gasteiger partial charge in [-0.15, -0.1) is 5.10 Å². The van der Waals surface area contributed by atoms with E-state index in [2.05, 4.69) is 5.10 Å². The van der Waals surface area contributed by atoms with Gasteiger partial charge in [-0.2, -0.15) is 4.68 Å². The van der Waals surface area contributed by atoms with Crippen molar-refractivity contribution in [2.75, 3.05) is 0 Å². The Hall–Kier alpha value is -2.62. The first kappa shape index (κ1) is 11.5. The van der Waals surface area contributed by atoms with Crippen LogP contribution in [0.1, 0.15) is 0 Å². The van der Waals surface area contributed by atoms with Crippen LogP contribution in [0.2, 0.25) is 0 Å². The fraction of sp³-hybridized carbons (Fsp3) is 0.0667. The Labute approximate surface area is 110 Å². The Morgan fingerprint density at radius 2 is 1.47 bits per heavy atom. The Morgan fingerprint density at radius 3 is 2.11 bits per heavy atom. The second kappa shape index (κ2) is 4.57. The summed E-state index contributed by atoms with van der Waals surface area (Å²) >= 11 is 0. The van der Waals surface area contributed by atoms with E-state index in [0.29, 0.717) is 5.82 Å². The first-order valence-electron chi connectivity index (χ1n) is 6.04. The van der Waals surface area contributed by atoms with Gasteiger partial charge in [0, 0.05) is 12.6 Å². The van der Waals surface area contributed by atoms with E-state index in [1.807, 2.05) is 60.7 Å². The average Bonchev–Trinajstić information content (AvgIpc) is 2.77. The van der Waals surface area contributed by atoms with E-state index in [9.17, 15) is 4.79 Å². The Bertz CT molecular complexity index is 742. The van der Waals surface area contributed by atoms with Gasteiger partial charge in [-0.25, -0.2) is 4.79 Å². The van der Waals surface area contributed by atoms with Crippen LogP contribution >= 0.6 is 0 Å². The van der Waals surface area contributed by atoms with Crippen molar-refractivity contribution < 1.29 is 0 Å². The zero-order valence-corrected chi connectivity index (χ0v) is 10.5. The maximum atomic E-state index is 12.2. The van der Waals surface area contributed by atoms with E-state index in [0.717, 1.165) is 11.3 Å². The maximum Gasteiger partial charge on any atom is 0.350 e. The summed E-state index contributed by atoms with van der Waals surface area (Å²) in [6, 6.07) is 19.1. The van der Waals surface area contributed by atoms with Gasteiger partial charge in [-0.1, -0.05) is 48.5 Å². The molecule has 0 fully saturated rings. The molecule has 0 atom stereocenters. The molecule has 0 radical (unpaired) electrons. The van der Waals surface area contributed by atoms with Gasteiger partial charge in [0.2, 0.25) is 0 Å². The maximum absolute atomic E-state index is 12.2. The second-order valence-corrected chi connectivity index (χ2v) is 4.28. The summed E-state index contributed by atoms with van der Waals surface area (Å²) in [6.45, 7) is 0. The third-order valence-electron chi connectivity index (χ3n) is 3.01. The Kier molecular flexibility index (Phi) is 2.76. The first-order valence-corrected chi connectivity index (χ1v) is 6.04. The summed E-state index contributed by atoms with van der Waals surface area (Å²) in [7, 11) is 1.73. The summed E-state index contributed by atoms with van der Waals surface area (Å²) in [6.07, 6.45) is 0. The first-order chi connectivity index (χ1) is 9.27. The second-order valence-electron chi connectivity index (χ2n) is 4.28. The average molecular weight is 251 g/mol. The smallest absolute Gasteiger partial charge is 0.278 e. The van der Waals surface area contributed by atoms with Crippen LogP contribution in [0.5, 0.6) is 0 Å². The van der Waals surface area contributed by atoms with E-state index in [4.69, 9.17) is 0 Å². The summed E-state index contributed by atoms with van der Waals surface area (Å²) in [5.41, 5.74) is 1.55. The van der Waals surface area contributed by atoms with Crippen LogP contribution in [-0.2, 0) is 7.05 Å².